The molecule has 0 aliphatic carbocycles. The summed E-state index contributed by atoms with van der Waals surface area (Å²) in [5, 5.41) is 8.01. The Labute approximate surface area is 111 Å². The van der Waals surface area contributed by atoms with Crippen LogP contribution in [-0.4, -0.2) is 29.1 Å². The minimum absolute atomic E-state index is 0.00324. The molecular weight excluding hydrogens is 272 g/mol. The fourth-order valence-electron chi connectivity index (χ4n) is 1.25. The van der Waals surface area contributed by atoms with Crippen molar-refractivity contribution in [3.8, 4) is 5.88 Å². The lowest BCUT2D eigenvalue weighted by molar-refractivity contribution is -0.117. The number of nitrogens with two attached hydrogens (primary N) is 1. The van der Waals surface area contributed by atoms with E-state index in [4.69, 9.17) is 15.0 Å². The highest BCUT2D eigenvalue weighted by Crippen LogP contribution is 2.18. The summed E-state index contributed by atoms with van der Waals surface area (Å²) < 4.78 is 9.57. The van der Waals surface area contributed by atoms with Gasteiger partial charge in [-0.05, 0) is 5.16 Å². The minimum atomic E-state index is -0.504. The van der Waals surface area contributed by atoms with Gasteiger partial charge in [0, 0.05) is 5.38 Å². The van der Waals surface area contributed by atoms with Gasteiger partial charge in [-0.2, -0.15) is 0 Å². The molecule has 100 valence electrons. The van der Waals surface area contributed by atoms with Crippen molar-refractivity contribution in [1.29, 1.82) is 0 Å². The number of amides is 2. The van der Waals surface area contributed by atoms with Crippen molar-refractivity contribution in [1.82, 2.24) is 10.1 Å². The summed E-state index contributed by atoms with van der Waals surface area (Å²) in [4.78, 5) is 26.5. The van der Waals surface area contributed by atoms with Gasteiger partial charge in [0.25, 0.3) is 11.8 Å². The molecule has 2 amide bonds. The molecule has 0 radical (unpaired) electrons. The van der Waals surface area contributed by atoms with E-state index in [2.05, 4.69) is 15.5 Å². The summed E-state index contributed by atoms with van der Waals surface area (Å²) >= 11 is 1.18. The predicted octanol–water partition coefficient (Wildman–Crippen LogP) is 0.420. The van der Waals surface area contributed by atoms with Crippen LogP contribution in [0.3, 0.4) is 0 Å². The molecular formula is C10H10N4O4S. The maximum absolute atomic E-state index is 11.7. The molecule has 9 heteroatoms. The molecule has 0 saturated heterocycles. The molecule has 0 fully saturated rings. The first-order chi connectivity index (χ1) is 9.08. The molecule has 0 saturated carbocycles. The van der Waals surface area contributed by atoms with Gasteiger partial charge in [-0.15, -0.1) is 11.3 Å². The maximum atomic E-state index is 11.7. The molecule has 0 atom stereocenters. The van der Waals surface area contributed by atoms with Crippen molar-refractivity contribution in [3.05, 3.63) is 22.9 Å². The van der Waals surface area contributed by atoms with Crippen LogP contribution in [0.15, 0.2) is 16.0 Å². The van der Waals surface area contributed by atoms with Crippen LogP contribution in [0.2, 0.25) is 0 Å². The van der Waals surface area contributed by atoms with Crippen LogP contribution in [0, 0.1) is 0 Å². The largest absolute Gasteiger partial charge is 0.479 e. The molecule has 0 aliphatic heterocycles. The lowest BCUT2D eigenvalue weighted by Crippen LogP contribution is -2.14. The summed E-state index contributed by atoms with van der Waals surface area (Å²) in [6.45, 7) is 0. The van der Waals surface area contributed by atoms with Crippen LogP contribution >= 0.6 is 11.3 Å². The van der Waals surface area contributed by atoms with Gasteiger partial charge in [-0.25, -0.2) is 4.98 Å². The van der Waals surface area contributed by atoms with E-state index in [1.165, 1.54) is 24.5 Å². The fourth-order valence-corrected chi connectivity index (χ4v) is 1.95. The second-order valence-electron chi connectivity index (χ2n) is 3.47. The molecule has 3 N–H and O–H groups in total. The first-order valence-corrected chi connectivity index (χ1v) is 6.01. The van der Waals surface area contributed by atoms with Gasteiger partial charge in [0.1, 0.15) is 0 Å². The van der Waals surface area contributed by atoms with Crippen molar-refractivity contribution in [3.63, 3.8) is 0 Å². The Morgan fingerprint density at radius 1 is 1.58 bits per heavy atom. The monoisotopic (exact) mass is 282 g/mol. The molecule has 0 bridgehead atoms. The summed E-state index contributed by atoms with van der Waals surface area (Å²) in [5.74, 6) is -0.777. The number of hydrogen-bond acceptors (Lipinski definition) is 7. The van der Waals surface area contributed by atoms with Crippen molar-refractivity contribution in [2.24, 2.45) is 5.73 Å². The van der Waals surface area contributed by atoms with Gasteiger partial charge in [0.05, 0.1) is 25.3 Å². The average Bonchev–Trinajstić information content (AvgIpc) is 2.97. The molecule has 2 heterocycles. The zero-order chi connectivity index (χ0) is 13.8. The third kappa shape index (κ3) is 3.28. The number of methoxy groups -OCH3 is 1. The summed E-state index contributed by atoms with van der Waals surface area (Å²) in [6.07, 6.45) is 0.0303. The first kappa shape index (κ1) is 13.0. The molecule has 2 aromatic rings. The van der Waals surface area contributed by atoms with Crippen LogP contribution < -0.4 is 15.8 Å². The summed E-state index contributed by atoms with van der Waals surface area (Å²) in [5.41, 5.74) is 5.55. The summed E-state index contributed by atoms with van der Waals surface area (Å²) in [6, 6.07) is 1.35. The number of nitrogens with zero attached hydrogens (tertiary/aromatic N) is 2. The Bertz CT molecular complexity index is 606. The SMILES string of the molecule is COc1cc(C(=O)Nc2nc(CC(N)=O)cs2)on1. The second kappa shape index (κ2) is 5.48. The smallest absolute Gasteiger partial charge is 0.296 e. The molecule has 0 unspecified atom stereocenters. The Kier molecular flexibility index (Phi) is 3.76. The quantitative estimate of drug-likeness (QED) is 0.819. The Balaban J connectivity index is 2.02. The molecule has 0 aromatic carbocycles. The van der Waals surface area contributed by atoms with E-state index < -0.39 is 11.8 Å². The normalized spacial score (nSPS) is 10.2. The van der Waals surface area contributed by atoms with Crippen molar-refractivity contribution in [2.45, 2.75) is 6.42 Å². The number of rotatable bonds is 5. The molecule has 0 aliphatic rings. The van der Waals surface area contributed by atoms with Crippen LogP contribution in [0.4, 0.5) is 5.13 Å². The van der Waals surface area contributed by atoms with Crippen LogP contribution in [0.1, 0.15) is 16.2 Å². The number of ether oxygens (including phenoxy) is 1. The van der Waals surface area contributed by atoms with E-state index >= 15 is 0 Å². The van der Waals surface area contributed by atoms with E-state index in [9.17, 15) is 9.59 Å². The van der Waals surface area contributed by atoms with Crippen molar-refractivity contribution in [2.75, 3.05) is 12.4 Å². The number of nitrogens with one attached hydrogen (secondary N) is 1. The molecule has 0 spiro atoms. The number of anilines is 1. The van der Waals surface area contributed by atoms with Gasteiger partial charge in [-0.1, -0.05) is 0 Å². The Morgan fingerprint density at radius 3 is 3.00 bits per heavy atom. The number of carbonyl (C=O) groups excluding carboxylic acids is 2. The van der Waals surface area contributed by atoms with Gasteiger partial charge < -0.3 is 15.0 Å². The van der Waals surface area contributed by atoms with Crippen molar-refractivity contribution >= 4 is 28.3 Å². The van der Waals surface area contributed by atoms with Gasteiger partial charge in [0.15, 0.2) is 5.13 Å². The van der Waals surface area contributed by atoms with E-state index in [-0.39, 0.29) is 18.1 Å². The standard InChI is InChI=1S/C10H10N4O4S/c1-17-8-3-6(18-14-8)9(16)13-10-12-5(4-19-10)2-7(11)15/h3-4H,2H2,1H3,(H2,11,15)(H,12,13,16). The second-order valence-corrected chi connectivity index (χ2v) is 4.33. The van der Waals surface area contributed by atoms with Gasteiger partial charge in [-0.3, -0.25) is 14.9 Å². The molecule has 2 rings (SSSR count). The lowest BCUT2D eigenvalue weighted by atomic mass is 10.3. The Hall–Kier alpha value is -2.42. The molecule has 2 aromatic heterocycles. The first-order valence-electron chi connectivity index (χ1n) is 5.13. The average molecular weight is 282 g/mol. The third-order valence-electron chi connectivity index (χ3n) is 2.05. The van der Waals surface area contributed by atoms with E-state index in [0.29, 0.717) is 10.8 Å². The van der Waals surface area contributed by atoms with Crippen LogP contribution in [0.25, 0.3) is 0 Å². The topological polar surface area (TPSA) is 120 Å². The number of thiazole rings is 1. The van der Waals surface area contributed by atoms with Gasteiger partial charge in [0.2, 0.25) is 11.7 Å². The number of carbonyl (C=O) groups is 2. The maximum Gasteiger partial charge on any atom is 0.296 e. The number of hydrogen-bond donors (Lipinski definition) is 2. The van der Waals surface area contributed by atoms with Crippen molar-refractivity contribution < 1.29 is 18.8 Å². The van der Waals surface area contributed by atoms with E-state index in [1.807, 2.05) is 0 Å². The van der Waals surface area contributed by atoms with E-state index in [1.54, 1.807) is 5.38 Å². The highest BCUT2D eigenvalue weighted by Gasteiger charge is 2.15. The van der Waals surface area contributed by atoms with Crippen LogP contribution in [0.5, 0.6) is 5.88 Å². The molecule has 8 nitrogen and oxygen atoms in total. The zero-order valence-electron chi connectivity index (χ0n) is 9.87. The zero-order valence-corrected chi connectivity index (χ0v) is 10.7. The highest BCUT2D eigenvalue weighted by atomic mass is 32.1. The van der Waals surface area contributed by atoms with Crippen LogP contribution in [-0.2, 0) is 11.2 Å². The number of primary amides is 1. The van der Waals surface area contributed by atoms with E-state index in [0.717, 1.165) is 0 Å². The predicted molar refractivity (Wildman–Crippen MR) is 66.0 cm³/mol. The minimum Gasteiger partial charge on any atom is -0.479 e. The fraction of sp³-hybridized carbons (Fsp3) is 0.200. The number of aromatic nitrogens is 2. The highest BCUT2D eigenvalue weighted by molar-refractivity contribution is 7.14. The van der Waals surface area contributed by atoms with Gasteiger partial charge >= 0.3 is 0 Å². The Morgan fingerprint density at radius 2 is 2.37 bits per heavy atom. The lowest BCUT2D eigenvalue weighted by Gasteiger charge is -1.96. The molecule has 19 heavy (non-hydrogen) atoms. The third-order valence-corrected chi connectivity index (χ3v) is 2.86. The summed E-state index contributed by atoms with van der Waals surface area (Å²) in [7, 11) is 1.41.